The molecular formula is C19H17ClN4O2. The Bertz CT molecular complexity index is 968. The van der Waals surface area contributed by atoms with Crippen molar-refractivity contribution in [1.82, 2.24) is 15.3 Å². The van der Waals surface area contributed by atoms with Crippen molar-refractivity contribution in [1.29, 1.82) is 0 Å². The number of aromatic nitrogens is 2. The van der Waals surface area contributed by atoms with Crippen molar-refractivity contribution in [3.8, 4) is 0 Å². The summed E-state index contributed by atoms with van der Waals surface area (Å²) in [7, 11) is 0. The van der Waals surface area contributed by atoms with Gasteiger partial charge in [-0.15, -0.1) is 0 Å². The summed E-state index contributed by atoms with van der Waals surface area (Å²) >= 11 is 6.06. The first-order valence-electron chi connectivity index (χ1n) is 8.37. The first kappa shape index (κ1) is 16.6. The van der Waals surface area contributed by atoms with Gasteiger partial charge >= 0.3 is 0 Å². The number of fused-ring (bicyclic) bond motifs is 1. The zero-order chi connectivity index (χ0) is 17.9. The number of aromatic amines is 1. The Balaban J connectivity index is 1.31. The van der Waals surface area contributed by atoms with Gasteiger partial charge in [-0.1, -0.05) is 16.8 Å². The molecule has 26 heavy (non-hydrogen) atoms. The number of amides is 1. The largest absolute Gasteiger partial charge is 0.382 e. The Hall–Kier alpha value is -2.86. The number of benzene rings is 1. The maximum absolute atomic E-state index is 12.3. The highest BCUT2D eigenvalue weighted by atomic mass is 35.5. The molecule has 0 aliphatic carbocycles. The Kier molecular flexibility index (Phi) is 4.58. The molecule has 2 aromatic heterocycles. The smallest absolute Gasteiger partial charge is 0.264 e. The van der Waals surface area contributed by atoms with Crippen LogP contribution in [0, 0.1) is 0 Å². The van der Waals surface area contributed by atoms with Gasteiger partial charge in [-0.05, 0) is 42.3 Å². The van der Waals surface area contributed by atoms with Crippen molar-refractivity contribution >= 4 is 34.1 Å². The van der Waals surface area contributed by atoms with E-state index >= 15 is 0 Å². The van der Waals surface area contributed by atoms with Crippen molar-refractivity contribution in [3.05, 3.63) is 65.1 Å². The second-order valence-corrected chi connectivity index (χ2v) is 6.56. The van der Waals surface area contributed by atoms with Gasteiger partial charge in [0.1, 0.15) is 0 Å². The van der Waals surface area contributed by atoms with Crippen molar-refractivity contribution in [2.24, 2.45) is 5.16 Å². The Morgan fingerprint density at radius 2 is 2.31 bits per heavy atom. The standard InChI is InChI=1S/C19H17ClN4O2/c20-14-3-4-16-15(8-14)12(11-23-16)5-7-22-19(25)18-9-17(24-26-18)13-2-1-6-21-10-13/h1-4,6,8,10-11,18,23H,5,7,9H2,(H,22,25). The lowest BCUT2D eigenvalue weighted by Crippen LogP contribution is -2.36. The minimum Gasteiger partial charge on any atom is -0.382 e. The lowest BCUT2D eigenvalue weighted by Gasteiger charge is -2.09. The van der Waals surface area contributed by atoms with Gasteiger partial charge in [-0.3, -0.25) is 9.78 Å². The third-order valence-electron chi connectivity index (χ3n) is 4.38. The van der Waals surface area contributed by atoms with Crippen LogP contribution in [-0.4, -0.2) is 34.2 Å². The number of carbonyl (C=O) groups is 1. The van der Waals surface area contributed by atoms with E-state index in [1.54, 1.807) is 12.4 Å². The van der Waals surface area contributed by atoms with Crippen molar-refractivity contribution in [3.63, 3.8) is 0 Å². The highest BCUT2D eigenvalue weighted by Gasteiger charge is 2.28. The number of carbonyl (C=O) groups excluding carboxylic acids is 1. The molecule has 1 aliphatic heterocycles. The summed E-state index contributed by atoms with van der Waals surface area (Å²) in [4.78, 5) is 24.9. The molecule has 1 unspecified atom stereocenters. The fraction of sp³-hybridized carbons (Fsp3) is 0.211. The average Bonchev–Trinajstić information content (AvgIpc) is 3.30. The summed E-state index contributed by atoms with van der Waals surface area (Å²) in [6, 6.07) is 9.46. The molecule has 1 atom stereocenters. The van der Waals surface area contributed by atoms with Crippen LogP contribution in [0.1, 0.15) is 17.5 Å². The summed E-state index contributed by atoms with van der Waals surface area (Å²) in [6.07, 6.45) is 5.91. The molecule has 2 N–H and O–H groups in total. The first-order valence-corrected chi connectivity index (χ1v) is 8.75. The second kappa shape index (κ2) is 7.17. The monoisotopic (exact) mass is 368 g/mol. The summed E-state index contributed by atoms with van der Waals surface area (Å²) in [6.45, 7) is 0.514. The van der Waals surface area contributed by atoms with Crippen LogP contribution in [0.4, 0.5) is 0 Å². The van der Waals surface area contributed by atoms with Crippen LogP contribution in [0.25, 0.3) is 10.9 Å². The zero-order valence-electron chi connectivity index (χ0n) is 13.9. The van der Waals surface area contributed by atoms with Crippen LogP contribution in [0.2, 0.25) is 5.02 Å². The van der Waals surface area contributed by atoms with Gasteiger partial charge in [0, 0.05) is 53.0 Å². The molecular weight excluding hydrogens is 352 g/mol. The van der Waals surface area contributed by atoms with E-state index < -0.39 is 6.10 Å². The van der Waals surface area contributed by atoms with Crippen LogP contribution in [-0.2, 0) is 16.1 Å². The Morgan fingerprint density at radius 1 is 1.38 bits per heavy atom. The molecule has 0 saturated heterocycles. The Morgan fingerprint density at radius 3 is 3.15 bits per heavy atom. The predicted octanol–water partition coefficient (Wildman–Crippen LogP) is 3.07. The summed E-state index contributed by atoms with van der Waals surface area (Å²) in [5.41, 5.74) is 3.76. The van der Waals surface area contributed by atoms with E-state index in [4.69, 9.17) is 16.4 Å². The number of rotatable bonds is 5. The normalized spacial score (nSPS) is 16.3. The molecule has 0 bridgehead atoms. The topological polar surface area (TPSA) is 79.4 Å². The van der Waals surface area contributed by atoms with Gasteiger partial charge < -0.3 is 15.1 Å². The number of halogens is 1. The van der Waals surface area contributed by atoms with Gasteiger partial charge in [0.2, 0.25) is 6.10 Å². The maximum Gasteiger partial charge on any atom is 0.264 e. The molecule has 0 spiro atoms. The van der Waals surface area contributed by atoms with Crippen LogP contribution in [0.15, 0.2) is 54.1 Å². The summed E-state index contributed by atoms with van der Waals surface area (Å²) in [5, 5.41) is 8.70. The number of hydrogen-bond donors (Lipinski definition) is 2. The number of pyridine rings is 1. The lowest BCUT2D eigenvalue weighted by atomic mass is 10.1. The molecule has 6 nitrogen and oxygen atoms in total. The van der Waals surface area contributed by atoms with Gasteiger partial charge in [0.05, 0.1) is 5.71 Å². The minimum atomic E-state index is -0.595. The van der Waals surface area contributed by atoms with Crippen LogP contribution in [0.5, 0.6) is 0 Å². The highest BCUT2D eigenvalue weighted by molar-refractivity contribution is 6.31. The number of H-pyrrole nitrogens is 1. The molecule has 132 valence electrons. The fourth-order valence-electron chi connectivity index (χ4n) is 3.01. The summed E-state index contributed by atoms with van der Waals surface area (Å²) < 4.78 is 0. The van der Waals surface area contributed by atoms with Crippen LogP contribution >= 0.6 is 11.6 Å². The molecule has 1 aliphatic rings. The molecule has 1 aromatic carbocycles. The van der Waals surface area contributed by atoms with Gasteiger partial charge in [0.15, 0.2) is 0 Å². The molecule has 7 heteroatoms. The summed E-state index contributed by atoms with van der Waals surface area (Å²) in [5.74, 6) is -0.162. The minimum absolute atomic E-state index is 0.162. The van der Waals surface area contributed by atoms with Crippen LogP contribution in [0.3, 0.4) is 0 Å². The van der Waals surface area contributed by atoms with E-state index in [-0.39, 0.29) is 5.91 Å². The van der Waals surface area contributed by atoms with Crippen molar-refractivity contribution < 1.29 is 9.63 Å². The van der Waals surface area contributed by atoms with E-state index in [1.165, 1.54) is 0 Å². The lowest BCUT2D eigenvalue weighted by molar-refractivity contribution is -0.131. The van der Waals surface area contributed by atoms with Crippen molar-refractivity contribution in [2.75, 3.05) is 6.54 Å². The SMILES string of the molecule is O=C(NCCc1c[nH]c2ccc(Cl)cc12)C1CC(c2cccnc2)=NO1. The number of oxime groups is 1. The molecule has 0 fully saturated rings. The average molecular weight is 369 g/mol. The maximum atomic E-state index is 12.3. The number of nitrogens with one attached hydrogen (secondary N) is 2. The molecule has 3 heterocycles. The van der Waals surface area contributed by atoms with Crippen LogP contribution < -0.4 is 5.32 Å². The number of nitrogens with zero attached hydrogens (tertiary/aromatic N) is 2. The second-order valence-electron chi connectivity index (χ2n) is 6.12. The van der Waals surface area contributed by atoms with Gasteiger partial charge in [-0.25, -0.2) is 0 Å². The third-order valence-corrected chi connectivity index (χ3v) is 4.61. The third kappa shape index (κ3) is 3.41. The fourth-order valence-corrected chi connectivity index (χ4v) is 3.19. The predicted molar refractivity (Wildman–Crippen MR) is 100 cm³/mol. The number of hydrogen-bond acceptors (Lipinski definition) is 4. The van der Waals surface area contributed by atoms with Gasteiger partial charge in [0.25, 0.3) is 5.91 Å². The molecule has 0 saturated carbocycles. The van der Waals surface area contributed by atoms with E-state index in [0.29, 0.717) is 24.4 Å². The molecule has 0 radical (unpaired) electrons. The van der Waals surface area contributed by atoms with E-state index in [1.807, 2.05) is 36.5 Å². The zero-order valence-corrected chi connectivity index (χ0v) is 14.7. The van der Waals surface area contributed by atoms with E-state index in [0.717, 1.165) is 27.7 Å². The van der Waals surface area contributed by atoms with E-state index in [9.17, 15) is 4.79 Å². The molecule has 1 amide bonds. The Labute approximate surface area is 155 Å². The van der Waals surface area contributed by atoms with E-state index in [2.05, 4.69) is 20.4 Å². The highest BCUT2D eigenvalue weighted by Crippen LogP contribution is 2.22. The quantitative estimate of drug-likeness (QED) is 0.726. The molecule has 3 aromatic rings. The molecule has 4 rings (SSSR count). The first-order chi connectivity index (χ1) is 12.7. The van der Waals surface area contributed by atoms with Crippen molar-refractivity contribution in [2.45, 2.75) is 18.9 Å². The van der Waals surface area contributed by atoms with Gasteiger partial charge in [-0.2, -0.15) is 0 Å².